The summed E-state index contributed by atoms with van der Waals surface area (Å²) >= 11 is 0. The van der Waals surface area contributed by atoms with Gasteiger partial charge in [-0.1, -0.05) is 41.5 Å². The van der Waals surface area contributed by atoms with Crippen LogP contribution in [0.4, 0.5) is 0 Å². The summed E-state index contributed by atoms with van der Waals surface area (Å²) in [7, 11) is 1.18. The average Bonchev–Trinajstić information content (AvgIpc) is 3.54. The Morgan fingerprint density at radius 3 is 2.28 bits per heavy atom. The molecule has 0 bridgehead atoms. The predicted octanol–water partition coefficient (Wildman–Crippen LogP) is 2.04. The number of carbonyl (C=O) groups is 5. The number of cyclic esters (lactones) is 1. The highest BCUT2D eigenvalue weighted by Gasteiger charge is 2.86. The number of carbonyl (C=O) groups excluding carboxylic acids is 5. The zero-order valence-electron chi connectivity index (χ0n) is 27.4. The molecule has 3 aliphatic carbocycles. The first kappa shape index (κ1) is 34.1. The van der Waals surface area contributed by atoms with Gasteiger partial charge in [0.2, 0.25) is 0 Å². The topological polar surface area (TPSA) is 196 Å². The van der Waals surface area contributed by atoms with E-state index in [1.54, 1.807) is 40.7 Å². The van der Waals surface area contributed by atoms with Gasteiger partial charge in [0, 0.05) is 47.0 Å². The van der Waals surface area contributed by atoms with Crippen molar-refractivity contribution in [2.45, 2.75) is 103 Å². The van der Waals surface area contributed by atoms with E-state index in [9.17, 15) is 39.3 Å². The van der Waals surface area contributed by atoms with Crippen LogP contribution in [0.3, 0.4) is 0 Å². The smallest absolute Gasteiger partial charge is 0.308 e. The molecule has 1 aromatic rings. The van der Waals surface area contributed by atoms with Gasteiger partial charge in [-0.2, -0.15) is 0 Å². The van der Waals surface area contributed by atoms with Gasteiger partial charge in [-0.25, -0.2) is 0 Å². The van der Waals surface area contributed by atoms with Gasteiger partial charge >= 0.3 is 23.9 Å². The van der Waals surface area contributed by atoms with Crippen LogP contribution in [0.2, 0.25) is 0 Å². The van der Waals surface area contributed by atoms with E-state index < -0.39 is 112 Å². The van der Waals surface area contributed by atoms with Crippen LogP contribution in [0.15, 0.2) is 23.0 Å². The number of ether oxygens (including phenoxy) is 4. The van der Waals surface area contributed by atoms with Crippen molar-refractivity contribution < 1.29 is 62.7 Å². The van der Waals surface area contributed by atoms with Crippen LogP contribution < -0.4 is 0 Å². The van der Waals surface area contributed by atoms with Crippen LogP contribution in [0.5, 0.6) is 0 Å². The number of fused-ring (bicyclic) bond motifs is 5. The number of hydrogen-bond donors (Lipinski definition) is 3. The largest absolute Gasteiger partial charge is 0.472 e. The van der Waals surface area contributed by atoms with Crippen LogP contribution in [-0.4, -0.2) is 81.6 Å². The molecule has 0 aromatic carbocycles. The summed E-state index contributed by atoms with van der Waals surface area (Å²) in [6.07, 6.45) is -4.32. The fourth-order valence-corrected chi connectivity index (χ4v) is 9.85. The molecule has 13 nitrogen and oxygen atoms in total. The highest BCUT2D eigenvalue weighted by Crippen LogP contribution is 2.74. The molecule has 0 amide bonds. The molecular formula is C33H44O13. The molecule has 1 aliphatic heterocycles. The van der Waals surface area contributed by atoms with Gasteiger partial charge in [0.05, 0.1) is 32.0 Å². The fourth-order valence-electron chi connectivity index (χ4n) is 9.85. The summed E-state index contributed by atoms with van der Waals surface area (Å²) in [4.78, 5) is 66.6. The molecule has 46 heavy (non-hydrogen) atoms. The minimum Gasteiger partial charge on any atom is -0.472 e. The SMILES string of the molecule is COC(=O)C[C@H]1C(C)(C)[C@H](OC(=O)C(C)C)[C@]2(O)C(=O)[C@@H](O)[C@]3(O)[C@@H]4CC(=O)O[C@@H](c5ccoc5)[C@]4(C)C[C@@H](OC(C)=O)[C@@H]3[C@]12C. The molecule has 0 unspecified atom stereocenters. The van der Waals surface area contributed by atoms with Gasteiger partial charge in [-0.15, -0.1) is 0 Å². The molecule has 2 heterocycles. The lowest BCUT2D eigenvalue weighted by molar-refractivity contribution is -0.322. The molecule has 11 atom stereocenters. The average molecular weight is 649 g/mol. The van der Waals surface area contributed by atoms with Crippen molar-refractivity contribution in [1.82, 2.24) is 0 Å². The van der Waals surface area contributed by atoms with Gasteiger partial charge in [0.15, 0.2) is 11.4 Å². The molecule has 0 radical (unpaired) electrons. The van der Waals surface area contributed by atoms with Crippen LogP contribution in [-0.2, 0) is 42.9 Å². The van der Waals surface area contributed by atoms with Crippen LogP contribution >= 0.6 is 0 Å². The minimum atomic E-state index is -2.68. The van der Waals surface area contributed by atoms with E-state index in [1.165, 1.54) is 33.5 Å². The third-order valence-corrected chi connectivity index (χ3v) is 11.8. The monoisotopic (exact) mass is 648 g/mol. The number of ketones is 1. The number of furan rings is 1. The van der Waals surface area contributed by atoms with Crippen molar-refractivity contribution in [2.24, 2.45) is 39.9 Å². The Bertz CT molecular complexity index is 1430. The first-order valence-corrected chi connectivity index (χ1v) is 15.6. The summed E-state index contributed by atoms with van der Waals surface area (Å²) in [5.41, 5.74) is -9.20. The summed E-state index contributed by atoms with van der Waals surface area (Å²) < 4.78 is 27.9. The number of aliphatic hydroxyl groups is 3. The first-order valence-electron chi connectivity index (χ1n) is 15.6. The summed E-state index contributed by atoms with van der Waals surface area (Å²) in [6.45, 7) is 10.8. The molecule has 3 saturated carbocycles. The van der Waals surface area contributed by atoms with Gasteiger partial charge in [-0.3, -0.25) is 24.0 Å². The van der Waals surface area contributed by atoms with Crippen molar-refractivity contribution in [3.63, 3.8) is 0 Å². The molecule has 254 valence electrons. The molecule has 1 aromatic heterocycles. The number of rotatable bonds is 6. The summed E-state index contributed by atoms with van der Waals surface area (Å²) in [6, 6.07) is 1.59. The zero-order chi connectivity index (χ0) is 34.4. The maximum Gasteiger partial charge on any atom is 0.308 e. The fraction of sp³-hybridized carbons (Fsp3) is 0.727. The third kappa shape index (κ3) is 4.33. The van der Waals surface area contributed by atoms with Gasteiger partial charge < -0.3 is 38.7 Å². The normalized spacial score (nSPS) is 42.7. The lowest BCUT2D eigenvalue weighted by Gasteiger charge is -2.68. The number of esters is 4. The van der Waals surface area contributed by atoms with Crippen molar-refractivity contribution in [1.29, 1.82) is 0 Å². The van der Waals surface area contributed by atoms with E-state index in [-0.39, 0.29) is 12.8 Å². The van der Waals surface area contributed by atoms with E-state index in [1.807, 2.05) is 0 Å². The van der Waals surface area contributed by atoms with Crippen LogP contribution in [0.1, 0.15) is 79.4 Å². The molecular weight excluding hydrogens is 604 g/mol. The van der Waals surface area contributed by atoms with Crippen molar-refractivity contribution in [3.8, 4) is 0 Å². The molecule has 13 heteroatoms. The Balaban J connectivity index is 1.81. The maximum absolute atomic E-state index is 14.6. The standard InChI is InChI=1S/C33H44O13/c1-15(2)27(39)46-28-29(4,5)19(11-21(35)42-8)31(7)23-18(44-16(3)34)13-30(6)20(32(23,40)24(37)25(38)33(28,31)41)12-22(36)45-26(30)17-9-10-43-14-17/h9-10,14-15,18-20,23-24,26,28,37,40-41H,11-13H2,1-8H3/t18-,19+,20-,23-,24-,26+,28+,30-,31+,32+,33-/m1/s1. The zero-order valence-corrected chi connectivity index (χ0v) is 27.4. The van der Waals surface area contributed by atoms with Crippen LogP contribution in [0, 0.1) is 39.9 Å². The minimum absolute atomic E-state index is 0.0399. The van der Waals surface area contributed by atoms with E-state index in [2.05, 4.69) is 0 Å². The number of methoxy groups -OCH3 is 1. The van der Waals surface area contributed by atoms with E-state index >= 15 is 0 Å². The molecule has 1 saturated heterocycles. The second-order valence-corrected chi connectivity index (χ2v) is 14.8. The number of aliphatic hydroxyl groups excluding tert-OH is 1. The van der Waals surface area contributed by atoms with Crippen molar-refractivity contribution in [3.05, 3.63) is 24.2 Å². The van der Waals surface area contributed by atoms with E-state index in [0.717, 1.165) is 0 Å². The highest BCUT2D eigenvalue weighted by atomic mass is 16.6. The Morgan fingerprint density at radius 1 is 1.09 bits per heavy atom. The Morgan fingerprint density at radius 2 is 1.74 bits per heavy atom. The molecule has 3 N–H and O–H groups in total. The molecule has 4 fully saturated rings. The molecule has 4 aliphatic rings. The molecule has 5 rings (SSSR count). The maximum atomic E-state index is 14.6. The van der Waals surface area contributed by atoms with E-state index in [4.69, 9.17) is 23.4 Å². The Hall–Kier alpha value is -3.29. The highest BCUT2D eigenvalue weighted by molar-refractivity contribution is 5.96. The third-order valence-electron chi connectivity index (χ3n) is 11.8. The summed E-state index contributed by atoms with van der Waals surface area (Å²) in [5, 5.41) is 37.9. The van der Waals surface area contributed by atoms with Gasteiger partial charge in [0.25, 0.3) is 0 Å². The number of hydrogen-bond acceptors (Lipinski definition) is 13. The first-order chi connectivity index (χ1) is 21.2. The molecule has 0 spiro atoms. The second-order valence-electron chi connectivity index (χ2n) is 14.8. The quantitative estimate of drug-likeness (QED) is 0.300. The lowest BCUT2D eigenvalue weighted by atomic mass is 9.39. The van der Waals surface area contributed by atoms with Gasteiger partial charge in [0.1, 0.15) is 30.0 Å². The van der Waals surface area contributed by atoms with Crippen molar-refractivity contribution in [2.75, 3.05) is 7.11 Å². The summed E-state index contributed by atoms with van der Waals surface area (Å²) in [5.74, 6) is -8.46. The van der Waals surface area contributed by atoms with Crippen LogP contribution in [0.25, 0.3) is 0 Å². The van der Waals surface area contributed by atoms with E-state index in [0.29, 0.717) is 5.56 Å². The van der Waals surface area contributed by atoms with Crippen molar-refractivity contribution >= 4 is 29.7 Å². The Kier molecular flexibility index (Phi) is 8.05. The lowest BCUT2D eigenvalue weighted by Crippen LogP contribution is -2.82. The Labute approximate surface area is 266 Å². The number of Topliss-reactive ketones (excluding diaryl/α,β-unsaturated/α-hetero) is 1. The van der Waals surface area contributed by atoms with Gasteiger partial charge in [-0.05, 0) is 18.4 Å². The second kappa shape index (κ2) is 10.9. The predicted molar refractivity (Wildman–Crippen MR) is 155 cm³/mol.